The molecule has 2 saturated heterocycles. The molecule has 2 heterocycles. The van der Waals surface area contributed by atoms with E-state index < -0.39 is 0 Å². The van der Waals surface area contributed by atoms with Crippen molar-refractivity contribution >= 4 is 11.8 Å². The predicted octanol–water partition coefficient (Wildman–Crippen LogP) is 2.98. The molecule has 106 valence electrons. The van der Waals surface area contributed by atoms with Gasteiger partial charge >= 0.3 is 0 Å². The smallest absolute Gasteiger partial charge is 0.0194 e. The van der Waals surface area contributed by atoms with E-state index in [1.807, 2.05) is 0 Å². The monoisotopic (exact) mass is 270 g/mol. The van der Waals surface area contributed by atoms with Crippen LogP contribution in [-0.2, 0) is 0 Å². The first kappa shape index (κ1) is 14.7. The zero-order valence-corrected chi connectivity index (χ0v) is 13.2. The van der Waals surface area contributed by atoms with E-state index >= 15 is 0 Å². The van der Waals surface area contributed by atoms with E-state index in [0.717, 1.165) is 12.1 Å². The molecule has 0 aromatic heterocycles. The number of nitrogens with one attached hydrogen (secondary N) is 1. The van der Waals surface area contributed by atoms with Crippen molar-refractivity contribution in [3.05, 3.63) is 0 Å². The van der Waals surface area contributed by atoms with Crippen molar-refractivity contribution in [3.8, 4) is 0 Å². The van der Waals surface area contributed by atoms with E-state index in [-0.39, 0.29) is 0 Å². The minimum Gasteiger partial charge on any atom is -0.320 e. The lowest BCUT2D eigenvalue weighted by atomic mass is 9.85. The Morgan fingerprint density at radius 3 is 2.89 bits per heavy atom. The summed E-state index contributed by atoms with van der Waals surface area (Å²) in [6, 6.07) is 1.67. The first-order chi connectivity index (χ1) is 8.62. The van der Waals surface area contributed by atoms with Crippen LogP contribution in [-0.4, -0.2) is 48.6 Å². The third-order valence-corrected chi connectivity index (χ3v) is 6.07. The Labute approximate surface area is 117 Å². The molecule has 0 bridgehead atoms. The summed E-state index contributed by atoms with van der Waals surface area (Å²) in [6.07, 6.45) is 7.00. The van der Waals surface area contributed by atoms with E-state index in [4.69, 9.17) is 0 Å². The summed E-state index contributed by atoms with van der Waals surface area (Å²) in [6.45, 7) is 7.40. The molecule has 2 atom stereocenters. The van der Waals surface area contributed by atoms with Gasteiger partial charge in [-0.25, -0.2) is 0 Å². The lowest BCUT2D eigenvalue weighted by molar-refractivity contribution is 0.0746. The fourth-order valence-corrected chi connectivity index (χ4v) is 4.93. The average Bonchev–Trinajstić information content (AvgIpc) is 2.35. The minimum absolute atomic E-state index is 0.540. The molecule has 2 rings (SSSR count). The zero-order valence-electron chi connectivity index (χ0n) is 12.4. The largest absolute Gasteiger partial charge is 0.320 e. The van der Waals surface area contributed by atoms with Crippen molar-refractivity contribution in [2.24, 2.45) is 5.41 Å². The van der Waals surface area contributed by atoms with Crippen LogP contribution >= 0.6 is 11.8 Å². The number of hydrogen-bond donors (Lipinski definition) is 1. The molecule has 0 amide bonds. The summed E-state index contributed by atoms with van der Waals surface area (Å²) < 4.78 is 0. The van der Waals surface area contributed by atoms with Gasteiger partial charge in [0.1, 0.15) is 0 Å². The molecule has 18 heavy (non-hydrogen) atoms. The molecule has 2 unspecified atom stereocenters. The third kappa shape index (κ3) is 3.88. The lowest BCUT2D eigenvalue weighted by Gasteiger charge is -2.46. The Morgan fingerprint density at radius 2 is 2.17 bits per heavy atom. The van der Waals surface area contributed by atoms with Crippen LogP contribution < -0.4 is 5.32 Å². The van der Waals surface area contributed by atoms with Gasteiger partial charge in [0, 0.05) is 17.8 Å². The molecule has 0 aromatic carbocycles. The van der Waals surface area contributed by atoms with Gasteiger partial charge in [-0.2, -0.15) is 11.8 Å². The highest BCUT2D eigenvalue weighted by atomic mass is 32.2. The van der Waals surface area contributed by atoms with Crippen LogP contribution in [0.5, 0.6) is 0 Å². The standard InChI is InChI=1S/C15H30N2S/c1-15(2)10-14(11-18-12-15)17-9-5-4-6-13(17)7-8-16-3/h13-14,16H,4-12H2,1-3H3. The summed E-state index contributed by atoms with van der Waals surface area (Å²) in [4.78, 5) is 2.86. The summed E-state index contributed by atoms with van der Waals surface area (Å²) in [7, 11) is 2.08. The van der Waals surface area contributed by atoms with E-state index in [1.165, 1.54) is 56.7 Å². The highest BCUT2D eigenvalue weighted by Gasteiger charge is 2.35. The van der Waals surface area contributed by atoms with Gasteiger partial charge in [-0.15, -0.1) is 0 Å². The normalized spacial score (nSPS) is 33.5. The van der Waals surface area contributed by atoms with Crippen molar-refractivity contribution in [2.75, 3.05) is 31.6 Å². The van der Waals surface area contributed by atoms with Gasteiger partial charge in [-0.1, -0.05) is 20.3 Å². The van der Waals surface area contributed by atoms with E-state index in [2.05, 4.69) is 42.9 Å². The van der Waals surface area contributed by atoms with Gasteiger partial charge in [-0.3, -0.25) is 4.90 Å². The van der Waals surface area contributed by atoms with Crippen molar-refractivity contribution < 1.29 is 0 Å². The van der Waals surface area contributed by atoms with E-state index in [9.17, 15) is 0 Å². The van der Waals surface area contributed by atoms with Crippen molar-refractivity contribution in [2.45, 2.75) is 58.0 Å². The summed E-state index contributed by atoms with van der Waals surface area (Å²) in [5.41, 5.74) is 0.540. The van der Waals surface area contributed by atoms with Crippen molar-refractivity contribution in [3.63, 3.8) is 0 Å². The zero-order chi connectivity index (χ0) is 13.0. The molecule has 2 fully saturated rings. The molecule has 0 aliphatic carbocycles. The number of hydrogen-bond acceptors (Lipinski definition) is 3. The lowest BCUT2D eigenvalue weighted by Crippen LogP contribution is -2.51. The maximum Gasteiger partial charge on any atom is 0.0194 e. The van der Waals surface area contributed by atoms with Gasteiger partial charge in [0.15, 0.2) is 0 Å². The number of piperidine rings is 1. The molecule has 0 radical (unpaired) electrons. The second-order valence-electron chi connectivity index (χ2n) is 6.82. The molecular weight excluding hydrogens is 240 g/mol. The molecule has 2 aliphatic heterocycles. The molecule has 0 saturated carbocycles. The third-order valence-electron chi connectivity index (χ3n) is 4.46. The number of rotatable bonds is 4. The number of likely N-dealkylation sites (tertiary alicyclic amines) is 1. The van der Waals surface area contributed by atoms with Gasteiger partial charge < -0.3 is 5.32 Å². The second kappa shape index (κ2) is 6.62. The second-order valence-corrected chi connectivity index (χ2v) is 7.85. The molecule has 0 spiro atoms. The fourth-order valence-electron chi connectivity index (χ4n) is 3.56. The topological polar surface area (TPSA) is 15.3 Å². The van der Waals surface area contributed by atoms with Gasteiger partial charge in [-0.05, 0) is 57.0 Å². The fraction of sp³-hybridized carbons (Fsp3) is 1.00. The molecule has 3 heteroatoms. The highest BCUT2D eigenvalue weighted by Crippen LogP contribution is 2.37. The van der Waals surface area contributed by atoms with Gasteiger partial charge in [0.2, 0.25) is 0 Å². The molecular formula is C15H30N2S. The molecule has 2 nitrogen and oxygen atoms in total. The molecule has 0 aromatic rings. The SMILES string of the molecule is CNCCC1CCCCN1C1CSCC(C)(C)C1. The van der Waals surface area contributed by atoms with E-state index in [0.29, 0.717) is 5.41 Å². The summed E-state index contributed by atoms with van der Waals surface area (Å²) >= 11 is 2.17. The van der Waals surface area contributed by atoms with Crippen LogP contribution in [0.3, 0.4) is 0 Å². The Kier molecular flexibility index (Phi) is 5.40. The van der Waals surface area contributed by atoms with Gasteiger partial charge in [0.05, 0.1) is 0 Å². The molecule has 1 N–H and O–H groups in total. The predicted molar refractivity (Wildman–Crippen MR) is 82.4 cm³/mol. The molecule has 2 aliphatic rings. The van der Waals surface area contributed by atoms with Crippen LogP contribution in [0, 0.1) is 5.41 Å². The van der Waals surface area contributed by atoms with Crippen molar-refractivity contribution in [1.29, 1.82) is 0 Å². The van der Waals surface area contributed by atoms with Crippen molar-refractivity contribution in [1.82, 2.24) is 10.2 Å². The maximum atomic E-state index is 3.32. The first-order valence-electron chi connectivity index (χ1n) is 7.60. The van der Waals surface area contributed by atoms with Crippen LogP contribution in [0.4, 0.5) is 0 Å². The van der Waals surface area contributed by atoms with Crippen LogP contribution in [0.15, 0.2) is 0 Å². The average molecular weight is 270 g/mol. The van der Waals surface area contributed by atoms with Crippen LogP contribution in [0.25, 0.3) is 0 Å². The first-order valence-corrected chi connectivity index (χ1v) is 8.76. The Bertz CT molecular complexity index is 255. The van der Waals surface area contributed by atoms with E-state index in [1.54, 1.807) is 0 Å². The summed E-state index contributed by atoms with van der Waals surface area (Å²) in [5, 5.41) is 3.32. The Hall–Kier alpha value is 0.270. The number of thioether (sulfide) groups is 1. The number of nitrogens with zero attached hydrogens (tertiary/aromatic N) is 1. The quantitative estimate of drug-likeness (QED) is 0.845. The highest BCUT2D eigenvalue weighted by molar-refractivity contribution is 7.99. The maximum absolute atomic E-state index is 3.32. The summed E-state index contributed by atoms with van der Waals surface area (Å²) in [5.74, 6) is 2.71. The van der Waals surface area contributed by atoms with Crippen LogP contribution in [0.2, 0.25) is 0 Å². The Balaban J connectivity index is 1.95. The minimum atomic E-state index is 0.540. The van der Waals surface area contributed by atoms with Crippen LogP contribution in [0.1, 0.15) is 46.0 Å². The van der Waals surface area contributed by atoms with Gasteiger partial charge in [0.25, 0.3) is 0 Å². The Morgan fingerprint density at radius 1 is 1.33 bits per heavy atom.